The lowest BCUT2D eigenvalue weighted by atomic mass is 10.00. The minimum Gasteiger partial charge on any atom is -0.505 e. The number of phenols is 1. The molecule has 6 heteroatoms. The number of benzene rings is 1. The van der Waals surface area contributed by atoms with Crippen molar-refractivity contribution >= 4 is 10.9 Å². The van der Waals surface area contributed by atoms with Crippen molar-refractivity contribution in [2.45, 2.75) is 6.04 Å². The van der Waals surface area contributed by atoms with Gasteiger partial charge in [0.15, 0.2) is 0 Å². The SMILES string of the molecule is CN1CCN(C(c2ncccn2)c2ccc3cccnc3c2O)CC1. The Balaban J connectivity index is 1.82. The highest BCUT2D eigenvalue weighted by atomic mass is 16.3. The van der Waals surface area contributed by atoms with E-state index in [9.17, 15) is 5.11 Å². The third-order valence-electron chi connectivity index (χ3n) is 4.81. The molecule has 1 unspecified atom stereocenters. The molecule has 4 rings (SSSR count). The molecule has 1 aliphatic rings. The molecule has 0 radical (unpaired) electrons. The first-order chi connectivity index (χ1) is 12.2. The summed E-state index contributed by atoms with van der Waals surface area (Å²) in [6.45, 7) is 3.77. The van der Waals surface area contributed by atoms with Crippen LogP contribution in [0.2, 0.25) is 0 Å². The lowest BCUT2D eigenvalue weighted by molar-refractivity contribution is 0.122. The maximum atomic E-state index is 10.9. The molecule has 25 heavy (non-hydrogen) atoms. The average Bonchev–Trinajstić information content (AvgIpc) is 2.66. The van der Waals surface area contributed by atoms with Gasteiger partial charge in [-0.25, -0.2) is 9.97 Å². The van der Waals surface area contributed by atoms with E-state index in [0.29, 0.717) is 11.3 Å². The number of piperazine rings is 1. The average molecular weight is 335 g/mol. The molecule has 1 saturated heterocycles. The maximum absolute atomic E-state index is 10.9. The molecule has 0 spiro atoms. The first kappa shape index (κ1) is 15.9. The Morgan fingerprint density at radius 1 is 0.920 bits per heavy atom. The van der Waals surface area contributed by atoms with Crippen LogP contribution >= 0.6 is 0 Å². The zero-order valence-electron chi connectivity index (χ0n) is 14.2. The summed E-state index contributed by atoms with van der Waals surface area (Å²) in [4.78, 5) is 17.9. The minimum atomic E-state index is -0.179. The number of hydrogen-bond donors (Lipinski definition) is 1. The van der Waals surface area contributed by atoms with Gasteiger partial charge in [0.1, 0.15) is 17.1 Å². The minimum absolute atomic E-state index is 0.179. The van der Waals surface area contributed by atoms with Crippen LogP contribution in [-0.2, 0) is 0 Å². The molecule has 0 amide bonds. The summed E-state index contributed by atoms with van der Waals surface area (Å²) < 4.78 is 0. The van der Waals surface area contributed by atoms with E-state index in [1.165, 1.54) is 0 Å². The van der Waals surface area contributed by atoms with E-state index in [0.717, 1.165) is 37.1 Å². The van der Waals surface area contributed by atoms with Gasteiger partial charge in [0.05, 0.1) is 6.04 Å². The van der Waals surface area contributed by atoms with Crippen molar-refractivity contribution in [3.63, 3.8) is 0 Å². The fourth-order valence-corrected chi connectivity index (χ4v) is 3.40. The molecule has 0 bridgehead atoms. The van der Waals surface area contributed by atoms with E-state index in [2.05, 4.69) is 31.8 Å². The highest BCUT2D eigenvalue weighted by Crippen LogP contribution is 2.36. The number of aromatic hydroxyl groups is 1. The second-order valence-corrected chi connectivity index (χ2v) is 6.43. The summed E-state index contributed by atoms with van der Waals surface area (Å²) >= 11 is 0. The number of rotatable bonds is 3. The zero-order chi connectivity index (χ0) is 17.2. The van der Waals surface area contributed by atoms with Crippen LogP contribution in [0.15, 0.2) is 48.9 Å². The Kier molecular flexibility index (Phi) is 4.29. The Morgan fingerprint density at radius 2 is 1.64 bits per heavy atom. The van der Waals surface area contributed by atoms with Crippen molar-refractivity contribution in [2.75, 3.05) is 33.2 Å². The van der Waals surface area contributed by atoms with Crippen molar-refractivity contribution < 1.29 is 5.11 Å². The molecule has 1 aromatic carbocycles. The highest BCUT2D eigenvalue weighted by molar-refractivity contribution is 5.85. The first-order valence-electron chi connectivity index (χ1n) is 8.50. The molecule has 1 aliphatic heterocycles. The molecule has 1 N–H and O–H groups in total. The van der Waals surface area contributed by atoms with E-state index < -0.39 is 0 Å². The summed E-state index contributed by atoms with van der Waals surface area (Å²) in [6.07, 6.45) is 5.21. The van der Waals surface area contributed by atoms with Gasteiger partial charge < -0.3 is 10.0 Å². The van der Waals surface area contributed by atoms with Crippen LogP contribution in [0.1, 0.15) is 17.4 Å². The molecule has 0 aliphatic carbocycles. The lowest BCUT2D eigenvalue weighted by Crippen LogP contribution is -2.46. The highest BCUT2D eigenvalue weighted by Gasteiger charge is 2.30. The van der Waals surface area contributed by atoms with Crippen molar-refractivity contribution in [1.82, 2.24) is 24.8 Å². The van der Waals surface area contributed by atoms with Gasteiger partial charge in [-0.15, -0.1) is 0 Å². The summed E-state index contributed by atoms with van der Waals surface area (Å²) in [6, 6.07) is 9.44. The Hall–Kier alpha value is -2.57. The third-order valence-corrected chi connectivity index (χ3v) is 4.81. The van der Waals surface area contributed by atoms with Crippen LogP contribution in [0, 0.1) is 0 Å². The second-order valence-electron chi connectivity index (χ2n) is 6.43. The van der Waals surface area contributed by atoms with E-state index in [1.54, 1.807) is 18.6 Å². The second kappa shape index (κ2) is 6.74. The zero-order valence-corrected chi connectivity index (χ0v) is 14.2. The summed E-state index contributed by atoms with van der Waals surface area (Å²) in [7, 11) is 2.13. The van der Waals surface area contributed by atoms with Crippen molar-refractivity contribution in [3.05, 3.63) is 60.3 Å². The predicted molar refractivity (Wildman–Crippen MR) is 96.4 cm³/mol. The maximum Gasteiger partial charge on any atom is 0.149 e. The molecule has 128 valence electrons. The van der Waals surface area contributed by atoms with E-state index in [1.807, 2.05) is 30.3 Å². The fourth-order valence-electron chi connectivity index (χ4n) is 3.40. The van der Waals surface area contributed by atoms with Crippen LogP contribution in [0.3, 0.4) is 0 Å². The third kappa shape index (κ3) is 3.06. The van der Waals surface area contributed by atoms with Crippen LogP contribution < -0.4 is 0 Å². The fraction of sp³-hybridized carbons (Fsp3) is 0.316. The quantitative estimate of drug-likeness (QED) is 0.790. The van der Waals surface area contributed by atoms with Gasteiger partial charge in [-0.2, -0.15) is 0 Å². The number of likely N-dealkylation sites (N-methyl/N-ethyl adjacent to an activating group) is 1. The van der Waals surface area contributed by atoms with Crippen molar-refractivity contribution in [1.29, 1.82) is 0 Å². The number of hydrogen-bond acceptors (Lipinski definition) is 6. The normalized spacial score (nSPS) is 17.6. The largest absolute Gasteiger partial charge is 0.505 e. The summed E-state index contributed by atoms with van der Waals surface area (Å²) in [5, 5.41) is 11.8. The van der Waals surface area contributed by atoms with Crippen molar-refractivity contribution in [3.8, 4) is 5.75 Å². The molecule has 3 aromatic rings. The Labute approximate surface area is 146 Å². The topological polar surface area (TPSA) is 65.4 Å². The van der Waals surface area contributed by atoms with Gasteiger partial charge in [0.25, 0.3) is 0 Å². The van der Waals surface area contributed by atoms with Gasteiger partial charge in [-0.1, -0.05) is 18.2 Å². The summed E-state index contributed by atoms with van der Waals surface area (Å²) in [5.41, 5.74) is 1.43. The van der Waals surface area contributed by atoms with Crippen molar-refractivity contribution in [2.24, 2.45) is 0 Å². The number of aromatic nitrogens is 3. The lowest BCUT2D eigenvalue weighted by Gasteiger charge is -2.37. The standard InChI is InChI=1S/C19H21N5O/c1-23-10-12-24(13-11-23)17(19-21-8-3-9-22-19)15-6-5-14-4-2-7-20-16(14)18(15)25/h2-9,17,25H,10-13H2,1H3. The first-order valence-corrected chi connectivity index (χ1v) is 8.50. The Bertz CT molecular complexity index is 862. The van der Waals surface area contributed by atoms with Crippen LogP contribution in [0.5, 0.6) is 5.75 Å². The number of nitrogens with zero attached hydrogens (tertiary/aromatic N) is 5. The molecule has 3 heterocycles. The van der Waals surface area contributed by atoms with Gasteiger partial charge >= 0.3 is 0 Å². The number of phenolic OH excluding ortho intramolecular Hbond substituents is 1. The van der Waals surface area contributed by atoms with Gasteiger partial charge in [0, 0.05) is 55.7 Å². The predicted octanol–water partition coefficient (Wildman–Crippen LogP) is 2.07. The van der Waals surface area contributed by atoms with Gasteiger partial charge in [-0.05, 0) is 19.2 Å². The molecule has 1 fully saturated rings. The van der Waals surface area contributed by atoms with Crippen LogP contribution in [0.25, 0.3) is 10.9 Å². The van der Waals surface area contributed by atoms with Gasteiger partial charge in [-0.3, -0.25) is 9.88 Å². The van der Waals surface area contributed by atoms with Crippen LogP contribution in [-0.4, -0.2) is 63.1 Å². The Morgan fingerprint density at radius 3 is 2.40 bits per heavy atom. The monoisotopic (exact) mass is 335 g/mol. The smallest absolute Gasteiger partial charge is 0.149 e. The summed E-state index contributed by atoms with van der Waals surface area (Å²) in [5.74, 6) is 0.923. The number of fused-ring (bicyclic) bond motifs is 1. The molecular formula is C19H21N5O. The van der Waals surface area contributed by atoms with E-state index >= 15 is 0 Å². The van der Waals surface area contributed by atoms with Gasteiger partial charge in [0.2, 0.25) is 0 Å². The molecular weight excluding hydrogens is 314 g/mol. The molecule has 6 nitrogen and oxygen atoms in total. The number of pyridine rings is 1. The molecule has 0 saturated carbocycles. The molecule has 2 aromatic heterocycles. The van der Waals surface area contributed by atoms with E-state index in [4.69, 9.17) is 0 Å². The van der Waals surface area contributed by atoms with Crippen LogP contribution in [0.4, 0.5) is 0 Å². The molecule has 1 atom stereocenters. The van der Waals surface area contributed by atoms with E-state index in [-0.39, 0.29) is 11.8 Å².